The molecule has 1 heterocycles. The second-order valence-corrected chi connectivity index (χ2v) is 10.2. The number of carbonyl (C=O) groups excluding carboxylic acids is 2. The van der Waals surface area contributed by atoms with Gasteiger partial charge in [0.2, 0.25) is 0 Å². The highest BCUT2D eigenvalue weighted by Gasteiger charge is 2.41. The Morgan fingerprint density at radius 1 is 0.946 bits per heavy atom. The van der Waals surface area contributed by atoms with E-state index < -0.39 is 40.5 Å². The van der Waals surface area contributed by atoms with Crippen LogP contribution in [0.4, 0.5) is 8.78 Å². The van der Waals surface area contributed by atoms with Gasteiger partial charge in [-0.3, -0.25) is 0 Å². The van der Waals surface area contributed by atoms with Crippen LogP contribution in [-0.4, -0.2) is 44.1 Å². The SMILES string of the molecule is COC(=O)C1=C(C)NC(C)=C(C(=O)OCC(C)(C)CN(C)Cc2ccccc2)C1c1c(F)cccc1F. The van der Waals surface area contributed by atoms with E-state index in [-0.39, 0.29) is 17.8 Å². The lowest BCUT2D eigenvalue weighted by Crippen LogP contribution is -2.37. The average molecular weight is 513 g/mol. The molecule has 1 N–H and O–H groups in total. The summed E-state index contributed by atoms with van der Waals surface area (Å²) in [4.78, 5) is 28.3. The van der Waals surface area contributed by atoms with Gasteiger partial charge in [-0.05, 0) is 38.6 Å². The number of dihydropyridines is 1. The summed E-state index contributed by atoms with van der Waals surface area (Å²) < 4.78 is 40.5. The first kappa shape index (κ1) is 28.1. The van der Waals surface area contributed by atoms with Gasteiger partial charge in [-0.2, -0.15) is 0 Å². The molecule has 198 valence electrons. The Kier molecular flexibility index (Phi) is 8.86. The molecule has 1 atom stereocenters. The van der Waals surface area contributed by atoms with E-state index >= 15 is 0 Å². The van der Waals surface area contributed by atoms with Gasteiger partial charge in [-0.1, -0.05) is 50.2 Å². The second kappa shape index (κ2) is 11.7. The van der Waals surface area contributed by atoms with E-state index in [1.54, 1.807) is 13.8 Å². The summed E-state index contributed by atoms with van der Waals surface area (Å²) in [6, 6.07) is 13.4. The maximum Gasteiger partial charge on any atom is 0.336 e. The molecule has 0 saturated heterocycles. The molecule has 0 fully saturated rings. The number of methoxy groups -OCH3 is 1. The predicted molar refractivity (Wildman–Crippen MR) is 137 cm³/mol. The van der Waals surface area contributed by atoms with Crippen LogP contribution < -0.4 is 5.32 Å². The normalized spacial score (nSPS) is 16.1. The highest BCUT2D eigenvalue weighted by atomic mass is 19.1. The number of esters is 2. The van der Waals surface area contributed by atoms with Crippen LogP contribution in [-0.2, 0) is 25.6 Å². The number of allylic oxidation sites excluding steroid dienone is 2. The third-order valence-corrected chi connectivity index (χ3v) is 6.26. The van der Waals surface area contributed by atoms with E-state index in [1.165, 1.54) is 18.7 Å². The molecule has 3 rings (SSSR count). The predicted octanol–water partition coefficient (Wildman–Crippen LogP) is 5.07. The molecule has 0 aromatic heterocycles. The van der Waals surface area contributed by atoms with Crippen molar-refractivity contribution in [2.24, 2.45) is 5.41 Å². The molecule has 0 amide bonds. The minimum Gasteiger partial charge on any atom is -0.466 e. The van der Waals surface area contributed by atoms with Crippen LogP contribution >= 0.6 is 0 Å². The molecule has 0 aliphatic carbocycles. The lowest BCUT2D eigenvalue weighted by Gasteiger charge is -2.33. The van der Waals surface area contributed by atoms with E-state index in [4.69, 9.17) is 9.47 Å². The molecule has 0 radical (unpaired) electrons. The average Bonchev–Trinajstić information content (AvgIpc) is 2.82. The van der Waals surface area contributed by atoms with Crippen molar-refractivity contribution in [3.05, 3.63) is 93.8 Å². The summed E-state index contributed by atoms with van der Waals surface area (Å²) >= 11 is 0. The zero-order chi connectivity index (χ0) is 27.3. The van der Waals surface area contributed by atoms with Crippen molar-refractivity contribution in [2.75, 3.05) is 27.3 Å². The van der Waals surface area contributed by atoms with Gasteiger partial charge in [0.25, 0.3) is 0 Å². The summed E-state index contributed by atoms with van der Waals surface area (Å²) in [6.07, 6.45) is 0. The molecule has 1 aliphatic rings. The quantitative estimate of drug-likeness (QED) is 0.473. The van der Waals surface area contributed by atoms with Gasteiger partial charge in [0.1, 0.15) is 11.6 Å². The molecule has 37 heavy (non-hydrogen) atoms. The number of rotatable bonds is 9. The highest BCUT2D eigenvalue weighted by molar-refractivity contribution is 5.99. The van der Waals surface area contributed by atoms with E-state index in [0.717, 1.165) is 18.7 Å². The van der Waals surface area contributed by atoms with Crippen molar-refractivity contribution < 1.29 is 27.8 Å². The number of halogens is 2. The highest BCUT2D eigenvalue weighted by Crippen LogP contribution is 2.41. The Morgan fingerprint density at radius 3 is 2.08 bits per heavy atom. The first-order chi connectivity index (χ1) is 17.4. The monoisotopic (exact) mass is 512 g/mol. The van der Waals surface area contributed by atoms with Crippen molar-refractivity contribution in [1.29, 1.82) is 0 Å². The van der Waals surface area contributed by atoms with Gasteiger partial charge < -0.3 is 19.7 Å². The van der Waals surface area contributed by atoms with Gasteiger partial charge in [0.15, 0.2) is 0 Å². The van der Waals surface area contributed by atoms with E-state index in [1.807, 2.05) is 51.2 Å². The van der Waals surface area contributed by atoms with E-state index in [2.05, 4.69) is 10.2 Å². The smallest absolute Gasteiger partial charge is 0.336 e. The van der Waals surface area contributed by atoms with Crippen LogP contribution in [0.3, 0.4) is 0 Å². The largest absolute Gasteiger partial charge is 0.466 e. The first-order valence-electron chi connectivity index (χ1n) is 12.1. The standard InChI is InChI=1S/C29H34F2N2O4/c1-18-23(27(34)36-6)26(25-21(30)13-10-14-22(25)31)24(19(2)32-18)28(35)37-17-29(3,4)16-33(5)15-20-11-8-7-9-12-20/h7-14,26,32H,15-17H2,1-6H3. The summed E-state index contributed by atoms with van der Waals surface area (Å²) in [5, 5.41) is 2.98. The van der Waals surface area contributed by atoms with E-state index in [0.29, 0.717) is 17.9 Å². The van der Waals surface area contributed by atoms with Crippen molar-refractivity contribution in [3.63, 3.8) is 0 Å². The molecule has 0 saturated carbocycles. The maximum atomic E-state index is 14.9. The van der Waals surface area contributed by atoms with E-state index in [9.17, 15) is 18.4 Å². The zero-order valence-electron chi connectivity index (χ0n) is 22.2. The minimum atomic E-state index is -1.33. The molecule has 0 spiro atoms. The third kappa shape index (κ3) is 6.63. The molecule has 0 bridgehead atoms. The van der Waals surface area contributed by atoms with Gasteiger partial charge >= 0.3 is 11.9 Å². The van der Waals surface area contributed by atoms with Crippen LogP contribution in [0.2, 0.25) is 0 Å². The van der Waals surface area contributed by atoms with Crippen LogP contribution in [0.5, 0.6) is 0 Å². The van der Waals surface area contributed by atoms with Crippen molar-refractivity contribution >= 4 is 11.9 Å². The Morgan fingerprint density at radius 2 is 1.51 bits per heavy atom. The fourth-order valence-corrected chi connectivity index (χ4v) is 4.79. The lowest BCUT2D eigenvalue weighted by molar-refractivity contribution is -0.142. The van der Waals surface area contributed by atoms with Gasteiger partial charge in [-0.15, -0.1) is 0 Å². The number of carbonyl (C=O) groups is 2. The second-order valence-electron chi connectivity index (χ2n) is 10.2. The number of nitrogens with one attached hydrogen (secondary N) is 1. The molecule has 1 unspecified atom stereocenters. The summed E-state index contributed by atoms with van der Waals surface area (Å²) in [5.74, 6) is -4.63. The molecular weight excluding hydrogens is 478 g/mol. The van der Waals surface area contributed by atoms with Crippen molar-refractivity contribution in [3.8, 4) is 0 Å². The van der Waals surface area contributed by atoms with Gasteiger partial charge in [0, 0.05) is 35.5 Å². The summed E-state index contributed by atoms with van der Waals surface area (Å²) in [6.45, 7) is 8.56. The summed E-state index contributed by atoms with van der Waals surface area (Å²) in [5.41, 5.74) is 0.939. The fraction of sp³-hybridized carbons (Fsp3) is 0.379. The Balaban J connectivity index is 1.85. The number of benzene rings is 2. The number of hydrogen-bond donors (Lipinski definition) is 1. The van der Waals surface area contributed by atoms with Crippen molar-refractivity contribution in [1.82, 2.24) is 10.2 Å². The first-order valence-corrected chi connectivity index (χ1v) is 12.1. The van der Waals surface area contributed by atoms with Crippen molar-refractivity contribution in [2.45, 2.75) is 40.2 Å². The number of hydrogen-bond acceptors (Lipinski definition) is 6. The zero-order valence-corrected chi connectivity index (χ0v) is 22.2. The third-order valence-electron chi connectivity index (χ3n) is 6.26. The fourth-order valence-electron chi connectivity index (χ4n) is 4.79. The minimum absolute atomic E-state index is 0.0385. The molecule has 8 heteroatoms. The molecule has 1 aliphatic heterocycles. The topological polar surface area (TPSA) is 67.9 Å². The van der Waals surface area contributed by atoms with Crippen LogP contribution in [0.25, 0.3) is 0 Å². The lowest BCUT2D eigenvalue weighted by atomic mass is 9.80. The molecule has 6 nitrogen and oxygen atoms in total. The van der Waals surface area contributed by atoms with Crippen LogP contribution in [0.15, 0.2) is 71.1 Å². The molecule has 2 aromatic rings. The van der Waals surface area contributed by atoms with Crippen LogP contribution in [0.1, 0.15) is 44.7 Å². The Labute approximate surface area is 216 Å². The molecular formula is C29H34F2N2O4. The Bertz CT molecular complexity index is 1200. The Hall–Kier alpha value is -3.52. The van der Waals surface area contributed by atoms with Gasteiger partial charge in [0.05, 0.1) is 30.8 Å². The number of ether oxygens (including phenoxy) is 2. The summed E-state index contributed by atoms with van der Waals surface area (Å²) in [7, 11) is 3.16. The molecule has 2 aromatic carbocycles. The maximum absolute atomic E-state index is 14.9. The van der Waals surface area contributed by atoms with Crippen LogP contribution in [0, 0.1) is 17.0 Å². The number of nitrogens with zero attached hydrogens (tertiary/aromatic N) is 1. The van der Waals surface area contributed by atoms with Gasteiger partial charge in [-0.25, -0.2) is 18.4 Å².